The van der Waals surface area contributed by atoms with Crippen molar-refractivity contribution in [3.63, 3.8) is 0 Å². The Labute approximate surface area is 53.5 Å². The fourth-order valence-corrected chi connectivity index (χ4v) is 0.340. The monoisotopic (exact) mass is 153 g/mol. The van der Waals surface area contributed by atoms with Crippen LogP contribution in [0.25, 0.3) is 0 Å². The molecule has 0 aromatic carbocycles. The zero-order chi connectivity index (χ0) is 6.57. The lowest BCUT2D eigenvalue weighted by Gasteiger charge is -1.79. The molecule has 0 unspecified atom stereocenters. The molecule has 0 heterocycles. The summed E-state index contributed by atoms with van der Waals surface area (Å²) < 4.78 is 21.6. The van der Waals surface area contributed by atoms with Crippen LogP contribution < -0.4 is 11.5 Å². The van der Waals surface area contributed by atoms with Gasteiger partial charge in [-0.25, -0.2) is 4.79 Å². The third kappa shape index (κ3) is 7.05. The van der Waals surface area contributed by atoms with Gasteiger partial charge < -0.3 is 11.5 Å². The van der Waals surface area contributed by atoms with Gasteiger partial charge in [-0.1, -0.05) is 4.36 Å². The number of nitrogens with zero attached hydrogens (tertiary/aromatic N) is 1. The number of amides is 2. The van der Waals surface area contributed by atoms with Crippen LogP contribution in [0.5, 0.6) is 0 Å². The number of hydrogen-bond donors (Lipinski definition) is 2. The minimum atomic E-state index is -2.63. The molecule has 0 saturated heterocycles. The van der Waals surface area contributed by atoms with Crippen molar-refractivity contribution in [1.29, 1.82) is 0 Å². The number of nitrogens with one attached hydrogen (secondary N) is 1. The Hall–Kier alpha value is -0.950. The van der Waals surface area contributed by atoms with Crippen molar-refractivity contribution in [3.05, 3.63) is 0 Å². The van der Waals surface area contributed by atoms with E-state index in [4.69, 9.17) is 0 Å². The Kier molecular flexibility index (Phi) is 6.31. The normalized spacial score (nSPS) is 6.78. The minimum Gasteiger partial charge on any atom is -0.344 e. The van der Waals surface area contributed by atoms with Crippen LogP contribution in [0, 0.1) is 0 Å². The van der Waals surface area contributed by atoms with Crippen molar-refractivity contribution in [3.8, 4) is 0 Å². The second kappa shape index (κ2) is 5.19. The Bertz CT molecular complexity index is 197. The topological polar surface area (TPSA) is 111 Å². The van der Waals surface area contributed by atoms with Crippen LogP contribution in [0.3, 0.4) is 0 Å². The lowest BCUT2D eigenvalue weighted by Crippen LogP contribution is -2.11. The predicted octanol–water partition coefficient (Wildman–Crippen LogP) is -0.450. The Morgan fingerprint density at radius 3 is 2.11 bits per heavy atom. The molecule has 7 heteroatoms. The zero-order valence-corrected chi connectivity index (χ0v) is 5.60. The first-order valence-corrected chi connectivity index (χ1v) is 2.73. The highest BCUT2D eigenvalue weighted by Crippen LogP contribution is 1.66. The van der Waals surface area contributed by atoms with Gasteiger partial charge in [0.1, 0.15) is 0 Å². The molecule has 6 nitrogen and oxygen atoms in total. The van der Waals surface area contributed by atoms with Gasteiger partial charge in [-0.3, -0.25) is 0 Å². The first kappa shape index (κ1) is 10.9. The van der Waals surface area contributed by atoms with Crippen LogP contribution >= 0.6 is 0 Å². The van der Waals surface area contributed by atoms with Crippen molar-refractivity contribution >= 4 is 16.5 Å². The van der Waals surface area contributed by atoms with Crippen LogP contribution in [0.15, 0.2) is 4.36 Å². The molecule has 0 radical (unpaired) electrons. The molecule has 54 valence electrons. The summed E-state index contributed by atoms with van der Waals surface area (Å²) in [5.41, 5.74) is 0. The summed E-state index contributed by atoms with van der Waals surface area (Å²) >= 11 is 0. The molecule has 9 heavy (non-hydrogen) atoms. The first-order valence-electron chi connectivity index (χ1n) is 1.69. The van der Waals surface area contributed by atoms with E-state index in [9.17, 15) is 13.2 Å². The molecule has 0 aromatic rings. The average Bonchev–Trinajstić information content (AvgIpc) is 1.65. The molecule has 0 aromatic heterocycles. The summed E-state index contributed by atoms with van der Waals surface area (Å²) in [4.78, 5) is 9.95. The van der Waals surface area contributed by atoms with Gasteiger partial charge in [0.2, 0.25) is 0 Å². The van der Waals surface area contributed by atoms with Gasteiger partial charge in [-0.05, 0) is 0 Å². The number of carbonyl (C=O) groups is 1. The summed E-state index contributed by atoms with van der Waals surface area (Å²) in [5, 5.41) is 2.00. The number of carbonyl (C=O) groups excluding carboxylic acids is 1. The SMILES string of the molecule is CNC(=O)N=S(=O)=O.N. The molecule has 0 atom stereocenters. The number of urea groups is 1. The summed E-state index contributed by atoms with van der Waals surface area (Å²) in [6.45, 7) is 0. The maximum atomic E-state index is 9.95. The van der Waals surface area contributed by atoms with Gasteiger partial charge in [0.25, 0.3) is 0 Å². The standard InChI is InChI=1S/C2H4N2O3S.H3N/c1-3-2(5)4-8(6)7;/h1H3,(H,3,5);1H3. The van der Waals surface area contributed by atoms with Crippen LogP contribution in [0.1, 0.15) is 0 Å². The molecular weight excluding hydrogens is 146 g/mol. The summed E-state index contributed by atoms with van der Waals surface area (Å²) in [6.07, 6.45) is 0. The van der Waals surface area contributed by atoms with Gasteiger partial charge >= 0.3 is 16.5 Å². The number of hydrogen-bond acceptors (Lipinski definition) is 4. The maximum Gasteiger partial charge on any atom is 0.355 e. The second-order valence-corrected chi connectivity index (χ2v) is 1.48. The van der Waals surface area contributed by atoms with Gasteiger partial charge in [-0.15, -0.1) is 0 Å². The van der Waals surface area contributed by atoms with Crippen molar-refractivity contribution in [2.45, 2.75) is 0 Å². The smallest absolute Gasteiger partial charge is 0.344 e. The third-order valence-corrected chi connectivity index (χ3v) is 0.686. The van der Waals surface area contributed by atoms with Crippen molar-refractivity contribution in [1.82, 2.24) is 11.5 Å². The van der Waals surface area contributed by atoms with Crippen LogP contribution in [0.4, 0.5) is 4.79 Å². The zero-order valence-electron chi connectivity index (χ0n) is 4.79. The molecule has 2 amide bonds. The fraction of sp³-hybridized carbons (Fsp3) is 0.500. The fourth-order valence-electron chi connectivity index (χ4n) is 0.113. The lowest BCUT2D eigenvalue weighted by atomic mass is 11.0. The summed E-state index contributed by atoms with van der Waals surface area (Å²) in [5.74, 6) is 0. The molecule has 4 N–H and O–H groups in total. The molecule has 0 spiro atoms. The maximum absolute atomic E-state index is 9.95. The highest BCUT2D eigenvalue weighted by molar-refractivity contribution is 7.62. The molecule has 0 aliphatic carbocycles. The number of rotatable bonds is 0. The van der Waals surface area contributed by atoms with E-state index >= 15 is 0 Å². The molecule has 0 bridgehead atoms. The van der Waals surface area contributed by atoms with E-state index in [0.29, 0.717) is 0 Å². The highest BCUT2D eigenvalue weighted by atomic mass is 32.2. The van der Waals surface area contributed by atoms with Crippen molar-refractivity contribution in [2.24, 2.45) is 4.36 Å². The molecule has 0 fully saturated rings. The van der Waals surface area contributed by atoms with Gasteiger partial charge in [0.15, 0.2) is 0 Å². The van der Waals surface area contributed by atoms with Gasteiger partial charge in [0.05, 0.1) is 0 Å². The van der Waals surface area contributed by atoms with E-state index in [2.05, 4.69) is 4.36 Å². The van der Waals surface area contributed by atoms with Crippen LogP contribution in [-0.4, -0.2) is 21.5 Å². The van der Waals surface area contributed by atoms with Gasteiger partial charge in [-0.2, -0.15) is 8.42 Å². The van der Waals surface area contributed by atoms with E-state index in [0.717, 1.165) is 0 Å². The van der Waals surface area contributed by atoms with E-state index in [-0.39, 0.29) is 6.15 Å². The largest absolute Gasteiger partial charge is 0.355 e. The average molecular weight is 153 g/mol. The van der Waals surface area contributed by atoms with Gasteiger partial charge in [0, 0.05) is 7.05 Å². The quantitative estimate of drug-likeness (QED) is 0.491. The Morgan fingerprint density at radius 1 is 1.56 bits per heavy atom. The van der Waals surface area contributed by atoms with Crippen molar-refractivity contribution in [2.75, 3.05) is 7.05 Å². The summed E-state index contributed by atoms with van der Waals surface area (Å²) in [7, 11) is -1.34. The van der Waals surface area contributed by atoms with E-state index in [1.807, 2.05) is 5.32 Å². The minimum absolute atomic E-state index is 0. The first-order chi connectivity index (χ1) is 3.66. The van der Waals surface area contributed by atoms with Crippen molar-refractivity contribution < 1.29 is 13.2 Å². The van der Waals surface area contributed by atoms with Crippen LogP contribution in [0.2, 0.25) is 0 Å². The van der Waals surface area contributed by atoms with E-state index < -0.39 is 16.5 Å². The highest BCUT2D eigenvalue weighted by Gasteiger charge is 1.87. The van der Waals surface area contributed by atoms with Crippen LogP contribution in [-0.2, 0) is 10.5 Å². The Morgan fingerprint density at radius 2 is 2.00 bits per heavy atom. The molecule has 0 saturated carbocycles. The molecular formula is C2H7N3O3S. The lowest BCUT2D eigenvalue weighted by molar-refractivity contribution is 0.251. The molecule has 0 aliphatic rings. The second-order valence-electron chi connectivity index (χ2n) is 0.864. The third-order valence-electron chi connectivity index (χ3n) is 0.371. The molecule has 0 rings (SSSR count). The summed E-state index contributed by atoms with van der Waals surface area (Å²) in [6, 6.07) is -0.863. The van der Waals surface area contributed by atoms with E-state index in [1.165, 1.54) is 7.05 Å². The molecule has 0 aliphatic heterocycles. The van der Waals surface area contributed by atoms with E-state index in [1.54, 1.807) is 0 Å². The Balaban J connectivity index is 0. The predicted molar refractivity (Wildman–Crippen MR) is 30.8 cm³/mol.